The molecule has 1 atom stereocenters. The first kappa shape index (κ1) is 23.4. The highest BCUT2D eigenvalue weighted by Gasteiger charge is 2.33. The summed E-state index contributed by atoms with van der Waals surface area (Å²) in [6.07, 6.45) is -4.42. The molecule has 2 aromatic rings. The van der Waals surface area contributed by atoms with Crippen LogP contribution in [0.5, 0.6) is 0 Å². The molecule has 0 saturated carbocycles. The summed E-state index contributed by atoms with van der Waals surface area (Å²) in [5.41, 5.74) is 1.61. The topological polar surface area (TPSA) is 98.7 Å². The summed E-state index contributed by atoms with van der Waals surface area (Å²) < 4.78 is 37.8. The molecule has 0 bridgehead atoms. The van der Waals surface area contributed by atoms with E-state index < -0.39 is 35.5 Å². The molecule has 0 aromatic heterocycles. The standard InChI is InChI=1S/C21H18F3N3O4/c1-25-18(28)17(19(29)26-31)27(2)20(30)15-9-5-13(6-10-15)3-4-14-7-11-16(12-8-14)21(22,23)24/h5-12,17,31H,1-2H3,(H,25,28)(H,26,29). The number of carbonyl (C=O) groups is 3. The molecule has 31 heavy (non-hydrogen) atoms. The highest BCUT2D eigenvalue weighted by atomic mass is 19.4. The van der Waals surface area contributed by atoms with Gasteiger partial charge in [-0.1, -0.05) is 11.8 Å². The van der Waals surface area contributed by atoms with Gasteiger partial charge in [-0.05, 0) is 48.5 Å². The molecule has 3 amide bonds. The van der Waals surface area contributed by atoms with Crippen LogP contribution < -0.4 is 10.8 Å². The summed E-state index contributed by atoms with van der Waals surface area (Å²) in [6.45, 7) is 0. The molecule has 0 heterocycles. The monoisotopic (exact) mass is 433 g/mol. The van der Waals surface area contributed by atoms with E-state index in [1.807, 2.05) is 0 Å². The Bertz CT molecular complexity index is 1010. The molecule has 162 valence electrons. The Hall–Kier alpha value is -3.84. The van der Waals surface area contributed by atoms with Gasteiger partial charge < -0.3 is 10.2 Å². The number of rotatable bonds is 4. The van der Waals surface area contributed by atoms with Crippen LogP contribution in [0.1, 0.15) is 27.0 Å². The zero-order valence-corrected chi connectivity index (χ0v) is 16.4. The molecule has 7 nitrogen and oxygen atoms in total. The molecular weight excluding hydrogens is 415 g/mol. The van der Waals surface area contributed by atoms with Gasteiger partial charge in [0, 0.05) is 30.8 Å². The average Bonchev–Trinajstić information content (AvgIpc) is 2.76. The molecule has 10 heteroatoms. The van der Waals surface area contributed by atoms with Crippen LogP contribution in [0.2, 0.25) is 0 Å². The summed E-state index contributed by atoms with van der Waals surface area (Å²) >= 11 is 0. The Kier molecular flexibility index (Phi) is 7.39. The highest BCUT2D eigenvalue weighted by molar-refractivity contribution is 6.08. The lowest BCUT2D eigenvalue weighted by atomic mass is 10.1. The maximum atomic E-state index is 12.6. The molecule has 0 aliphatic rings. The van der Waals surface area contributed by atoms with E-state index in [4.69, 9.17) is 5.21 Å². The molecule has 2 rings (SSSR count). The van der Waals surface area contributed by atoms with E-state index in [1.54, 1.807) is 0 Å². The quantitative estimate of drug-likeness (QED) is 0.296. The third kappa shape index (κ3) is 5.83. The largest absolute Gasteiger partial charge is 0.416 e. The second-order valence-corrected chi connectivity index (χ2v) is 6.31. The van der Waals surface area contributed by atoms with Crippen LogP contribution in [0.15, 0.2) is 48.5 Å². The number of benzene rings is 2. The zero-order valence-electron chi connectivity index (χ0n) is 16.4. The van der Waals surface area contributed by atoms with Gasteiger partial charge in [-0.3, -0.25) is 19.6 Å². The molecule has 0 spiro atoms. The Morgan fingerprint density at radius 3 is 1.84 bits per heavy atom. The minimum atomic E-state index is -4.42. The van der Waals surface area contributed by atoms with E-state index in [0.717, 1.165) is 17.0 Å². The van der Waals surface area contributed by atoms with Crippen molar-refractivity contribution in [3.63, 3.8) is 0 Å². The van der Waals surface area contributed by atoms with Gasteiger partial charge in [0.2, 0.25) is 0 Å². The molecule has 0 radical (unpaired) electrons. The molecule has 0 aliphatic heterocycles. The number of alkyl halides is 3. The summed E-state index contributed by atoms with van der Waals surface area (Å²) in [5.74, 6) is 2.98. The first-order chi connectivity index (χ1) is 14.6. The van der Waals surface area contributed by atoms with Crippen molar-refractivity contribution in [2.24, 2.45) is 0 Å². The van der Waals surface area contributed by atoms with E-state index in [0.29, 0.717) is 11.1 Å². The Labute approximate surface area is 175 Å². The van der Waals surface area contributed by atoms with Gasteiger partial charge in [-0.25, -0.2) is 5.48 Å². The molecule has 0 saturated heterocycles. The van der Waals surface area contributed by atoms with E-state index in [2.05, 4.69) is 17.2 Å². The maximum Gasteiger partial charge on any atom is 0.416 e. The number of hydroxylamine groups is 1. The van der Waals surface area contributed by atoms with Crippen molar-refractivity contribution >= 4 is 17.7 Å². The summed E-state index contributed by atoms with van der Waals surface area (Å²) in [6, 6.07) is 8.68. The van der Waals surface area contributed by atoms with Crippen LogP contribution in [-0.2, 0) is 15.8 Å². The van der Waals surface area contributed by atoms with Crippen molar-refractivity contribution in [1.29, 1.82) is 0 Å². The number of nitrogens with zero attached hydrogens (tertiary/aromatic N) is 1. The first-order valence-corrected chi connectivity index (χ1v) is 8.80. The molecule has 0 fully saturated rings. The number of hydrogen-bond donors (Lipinski definition) is 3. The Balaban J connectivity index is 2.16. The second-order valence-electron chi connectivity index (χ2n) is 6.31. The number of hydrogen-bond acceptors (Lipinski definition) is 4. The van der Waals surface area contributed by atoms with Crippen molar-refractivity contribution in [2.45, 2.75) is 12.2 Å². The predicted octanol–water partition coefficient (Wildman–Crippen LogP) is 1.80. The van der Waals surface area contributed by atoms with E-state index in [1.165, 1.54) is 56.0 Å². The third-order valence-corrected chi connectivity index (χ3v) is 4.26. The van der Waals surface area contributed by atoms with Gasteiger partial charge in [0.05, 0.1) is 5.56 Å². The zero-order chi connectivity index (χ0) is 23.2. The average molecular weight is 433 g/mol. The van der Waals surface area contributed by atoms with Gasteiger partial charge in [-0.15, -0.1) is 0 Å². The van der Waals surface area contributed by atoms with Crippen LogP contribution >= 0.6 is 0 Å². The van der Waals surface area contributed by atoms with Crippen LogP contribution in [0.3, 0.4) is 0 Å². The van der Waals surface area contributed by atoms with Crippen molar-refractivity contribution in [3.8, 4) is 11.8 Å². The van der Waals surface area contributed by atoms with E-state index in [-0.39, 0.29) is 5.56 Å². The highest BCUT2D eigenvalue weighted by Crippen LogP contribution is 2.28. The molecule has 2 aromatic carbocycles. The van der Waals surface area contributed by atoms with Crippen molar-refractivity contribution < 1.29 is 32.8 Å². The Morgan fingerprint density at radius 1 is 0.935 bits per heavy atom. The van der Waals surface area contributed by atoms with Crippen LogP contribution in [0.4, 0.5) is 13.2 Å². The minimum absolute atomic E-state index is 0.155. The fourth-order valence-electron chi connectivity index (χ4n) is 2.57. The Morgan fingerprint density at radius 2 is 1.42 bits per heavy atom. The molecule has 0 aliphatic carbocycles. The van der Waals surface area contributed by atoms with Crippen LogP contribution in [0, 0.1) is 11.8 Å². The van der Waals surface area contributed by atoms with Crippen LogP contribution in [-0.4, -0.2) is 48.0 Å². The van der Waals surface area contributed by atoms with Crippen molar-refractivity contribution in [3.05, 3.63) is 70.8 Å². The van der Waals surface area contributed by atoms with E-state index in [9.17, 15) is 27.6 Å². The number of nitrogens with one attached hydrogen (secondary N) is 2. The van der Waals surface area contributed by atoms with Crippen molar-refractivity contribution in [1.82, 2.24) is 15.7 Å². The maximum absolute atomic E-state index is 12.6. The van der Waals surface area contributed by atoms with Gasteiger partial charge in [0.15, 0.2) is 6.04 Å². The summed E-state index contributed by atoms with van der Waals surface area (Å²) in [4.78, 5) is 37.1. The number of carbonyl (C=O) groups excluding carboxylic acids is 3. The lowest BCUT2D eigenvalue weighted by molar-refractivity contribution is -0.141. The number of likely N-dealkylation sites (N-methyl/N-ethyl adjacent to an activating group) is 2. The fraction of sp³-hybridized carbons (Fsp3) is 0.190. The van der Waals surface area contributed by atoms with Crippen LogP contribution in [0.25, 0.3) is 0 Å². The van der Waals surface area contributed by atoms with Gasteiger partial charge >= 0.3 is 6.18 Å². The van der Waals surface area contributed by atoms with Gasteiger partial charge in [0.1, 0.15) is 0 Å². The summed E-state index contributed by atoms with van der Waals surface area (Å²) in [7, 11) is 2.51. The minimum Gasteiger partial charge on any atom is -0.357 e. The summed E-state index contributed by atoms with van der Waals surface area (Å²) in [5, 5.41) is 11.0. The normalized spacial score (nSPS) is 11.5. The predicted molar refractivity (Wildman–Crippen MR) is 104 cm³/mol. The lowest BCUT2D eigenvalue weighted by Crippen LogP contribution is -2.54. The smallest absolute Gasteiger partial charge is 0.357 e. The number of halogens is 3. The molecular formula is C21H18F3N3O4. The van der Waals surface area contributed by atoms with E-state index >= 15 is 0 Å². The number of amides is 3. The third-order valence-electron chi connectivity index (χ3n) is 4.26. The lowest BCUT2D eigenvalue weighted by Gasteiger charge is -2.25. The fourth-order valence-corrected chi connectivity index (χ4v) is 2.57. The van der Waals surface area contributed by atoms with Crippen molar-refractivity contribution in [2.75, 3.05) is 14.1 Å². The molecule has 1 unspecified atom stereocenters. The van der Waals surface area contributed by atoms with Gasteiger partial charge in [-0.2, -0.15) is 13.2 Å². The SMILES string of the molecule is CNC(=O)C(C(=O)NO)N(C)C(=O)c1ccc(C#Cc2ccc(C(F)(F)F)cc2)cc1. The molecule has 3 N–H and O–H groups in total. The second kappa shape index (κ2) is 9.77. The van der Waals surface area contributed by atoms with Gasteiger partial charge in [0.25, 0.3) is 17.7 Å². The first-order valence-electron chi connectivity index (χ1n) is 8.80.